The average Bonchev–Trinajstić information content (AvgIpc) is 2.76. The molecule has 0 atom stereocenters. The Hall–Kier alpha value is -3.45. The van der Waals surface area contributed by atoms with Crippen LogP contribution in [-0.4, -0.2) is 59.3 Å². The molecule has 0 radical (unpaired) electrons. The summed E-state index contributed by atoms with van der Waals surface area (Å²) in [5.41, 5.74) is 3.82. The van der Waals surface area contributed by atoms with Crippen LogP contribution < -0.4 is 10.9 Å². The molecule has 1 aliphatic rings. The van der Waals surface area contributed by atoms with E-state index in [1.54, 1.807) is 11.0 Å². The highest BCUT2D eigenvalue weighted by Crippen LogP contribution is 2.19. The number of aromatic amines is 1. The number of nitrogens with one attached hydrogen (secondary N) is 2. The van der Waals surface area contributed by atoms with Crippen molar-refractivity contribution in [3.8, 4) is 0 Å². The van der Waals surface area contributed by atoms with Gasteiger partial charge in [-0.05, 0) is 37.1 Å². The van der Waals surface area contributed by atoms with Crippen LogP contribution in [0.2, 0.25) is 0 Å². The number of aromatic nitrogens is 1. The lowest BCUT2D eigenvalue weighted by molar-refractivity contribution is -0.117. The molecular formula is C24H26N4O3. The highest BCUT2D eigenvalue weighted by atomic mass is 16.2. The van der Waals surface area contributed by atoms with E-state index in [1.807, 2.05) is 55.1 Å². The number of hydrogen-bond donors (Lipinski definition) is 2. The number of carbonyl (C=O) groups is 2. The Bertz CT molecular complexity index is 1190. The summed E-state index contributed by atoms with van der Waals surface area (Å²) in [7, 11) is 0. The second-order valence-electron chi connectivity index (χ2n) is 7.96. The summed E-state index contributed by atoms with van der Waals surface area (Å²) < 4.78 is 0. The Labute approximate surface area is 180 Å². The fraction of sp³-hybridized carbons (Fsp3) is 0.292. The van der Waals surface area contributed by atoms with Gasteiger partial charge in [-0.1, -0.05) is 30.3 Å². The summed E-state index contributed by atoms with van der Waals surface area (Å²) in [4.78, 5) is 44.1. The van der Waals surface area contributed by atoms with E-state index in [4.69, 9.17) is 0 Å². The van der Waals surface area contributed by atoms with Crippen molar-refractivity contribution >= 4 is 28.4 Å². The van der Waals surface area contributed by atoms with Gasteiger partial charge in [0.2, 0.25) is 11.5 Å². The molecule has 1 saturated heterocycles. The first-order chi connectivity index (χ1) is 14.9. The summed E-state index contributed by atoms with van der Waals surface area (Å²) in [6.45, 7) is 6.52. The van der Waals surface area contributed by atoms with E-state index in [9.17, 15) is 14.4 Å². The van der Waals surface area contributed by atoms with Crippen LogP contribution in [0, 0.1) is 13.8 Å². The number of carbonyl (C=O) groups excluding carboxylic acids is 2. The van der Waals surface area contributed by atoms with Crippen molar-refractivity contribution in [1.29, 1.82) is 0 Å². The number of H-pyrrole nitrogens is 1. The van der Waals surface area contributed by atoms with Crippen LogP contribution in [-0.2, 0) is 4.79 Å². The number of anilines is 1. The standard InChI is InChI=1S/C24H26N4O3/c1-16-6-5-9-20(17(16)2)25-23(30)15-27-10-12-28(13-11-27)24(31)19-14-22(29)26-21-8-4-3-7-18(19)21/h3-9,14H,10-13,15H2,1-2H3,(H,25,30)(H,26,29). The van der Waals surface area contributed by atoms with Gasteiger partial charge in [-0.3, -0.25) is 19.3 Å². The molecule has 1 fully saturated rings. The first-order valence-electron chi connectivity index (χ1n) is 10.4. The summed E-state index contributed by atoms with van der Waals surface area (Å²) >= 11 is 0. The van der Waals surface area contributed by atoms with Crippen molar-refractivity contribution in [2.75, 3.05) is 38.0 Å². The van der Waals surface area contributed by atoms with Gasteiger partial charge in [-0.15, -0.1) is 0 Å². The molecule has 0 spiro atoms. The van der Waals surface area contributed by atoms with Crippen molar-refractivity contribution in [2.45, 2.75) is 13.8 Å². The third kappa shape index (κ3) is 4.51. The van der Waals surface area contributed by atoms with E-state index in [1.165, 1.54) is 6.07 Å². The van der Waals surface area contributed by atoms with Crippen LogP contribution in [0.25, 0.3) is 10.9 Å². The van der Waals surface area contributed by atoms with Crippen molar-refractivity contribution < 1.29 is 9.59 Å². The van der Waals surface area contributed by atoms with Gasteiger partial charge in [0.05, 0.1) is 12.1 Å². The lowest BCUT2D eigenvalue weighted by atomic mass is 10.1. The normalized spacial score (nSPS) is 14.6. The molecule has 1 aliphatic heterocycles. The van der Waals surface area contributed by atoms with E-state index in [0.717, 1.165) is 22.2 Å². The predicted molar refractivity (Wildman–Crippen MR) is 121 cm³/mol. The molecule has 31 heavy (non-hydrogen) atoms. The van der Waals surface area contributed by atoms with E-state index < -0.39 is 0 Å². The van der Waals surface area contributed by atoms with Crippen LogP contribution in [0.3, 0.4) is 0 Å². The Morgan fingerprint density at radius 1 is 1.00 bits per heavy atom. The zero-order valence-electron chi connectivity index (χ0n) is 17.8. The number of benzene rings is 2. The molecule has 0 aliphatic carbocycles. The Morgan fingerprint density at radius 3 is 2.52 bits per heavy atom. The van der Waals surface area contributed by atoms with Crippen LogP contribution >= 0.6 is 0 Å². The molecule has 7 nitrogen and oxygen atoms in total. The van der Waals surface area contributed by atoms with E-state index in [0.29, 0.717) is 37.3 Å². The molecule has 1 aromatic heterocycles. The number of aryl methyl sites for hydroxylation is 1. The molecule has 0 bridgehead atoms. The third-order valence-electron chi connectivity index (χ3n) is 5.89. The number of rotatable bonds is 4. The fourth-order valence-corrected chi connectivity index (χ4v) is 3.94. The Morgan fingerprint density at radius 2 is 1.74 bits per heavy atom. The number of nitrogens with zero attached hydrogens (tertiary/aromatic N) is 2. The lowest BCUT2D eigenvalue weighted by Crippen LogP contribution is -2.50. The summed E-state index contributed by atoms with van der Waals surface area (Å²) in [6.07, 6.45) is 0. The molecule has 2 heterocycles. The van der Waals surface area contributed by atoms with Crippen LogP contribution in [0.4, 0.5) is 5.69 Å². The Kier molecular flexibility index (Phi) is 5.86. The van der Waals surface area contributed by atoms with Gasteiger partial charge < -0.3 is 15.2 Å². The number of hydrogen-bond acceptors (Lipinski definition) is 4. The maximum Gasteiger partial charge on any atom is 0.254 e. The molecule has 0 unspecified atom stereocenters. The monoisotopic (exact) mass is 418 g/mol. The summed E-state index contributed by atoms with van der Waals surface area (Å²) in [5.74, 6) is -0.212. The largest absolute Gasteiger partial charge is 0.336 e. The highest BCUT2D eigenvalue weighted by molar-refractivity contribution is 6.06. The molecule has 4 rings (SSSR count). The fourth-order valence-electron chi connectivity index (χ4n) is 3.94. The number of pyridine rings is 1. The van der Waals surface area contributed by atoms with Crippen LogP contribution in [0.1, 0.15) is 21.5 Å². The van der Waals surface area contributed by atoms with Crippen molar-refractivity contribution in [1.82, 2.24) is 14.8 Å². The van der Waals surface area contributed by atoms with E-state index in [2.05, 4.69) is 10.3 Å². The zero-order valence-corrected chi connectivity index (χ0v) is 17.8. The molecule has 2 amide bonds. The van der Waals surface area contributed by atoms with Crippen molar-refractivity contribution in [2.24, 2.45) is 0 Å². The predicted octanol–water partition coefficient (Wildman–Crippen LogP) is 2.54. The van der Waals surface area contributed by atoms with E-state index >= 15 is 0 Å². The molecule has 2 N–H and O–H groups in total. The topological polar surface area (TPSA) is 85.5 Å². The second kappa shape index (κ2) is 8.73. The molecular weight excluding hydrogens is 392 g/mol. The van der Waals surface area contributed by atoms with Gasteiger partial charge in [0.15, 0.2) is 0 Å². The molecule has 7 heteroatoms. The summed E-state index contributed by atoms with van der Waals surface area (Å²) in [5, 5.41) is 3.72. The smallest absolute Gasteiger partial charge is 0.254 e. The van der Waals surface area contributed by atoms with Gasteiger partial charge in [0.25, 0.3) is 5.91 Å². The molecule has 160 valence electrons. The second-order valence-corrected chi connectivity index (χ2v) is 7.96. The van der Waals surface area contributed by atoms with Gasteiger partial charge >= 0.3 is 0 Å². The van der Waals surface area contributed by atoms with Gasteiger partial charge in [0, 0.05) is 48.8 Å². The number of fused-ring (bicyclic) bond motifs is 1. The highest BCUT2D eigenvalue weighted by Gasteiger charge is 2.25. The maximum absolute atomic E-state index is 13.1. The minimum Gasteiger partial charge on any atom is -0.336 e. The van der Waals surface area contributed by atoms with E-state index in [-0.39, 0.29) is 23.9 Å². The van der Waals surface area contributed by atoms with Gasteiger partial charge in [-0.25, -0.2) is 0 Å². The van der Waals surface area contributed by atoms with Crippen molar-refractivity contribution in [3.05, 3.63) is 75.6 Å². The molecule has 0 saturated carbocycles. The first-order valence-corrected chi connectivity index (χ1v) is 10.4. The Balaban J connectivity index is 1.38. The number of para-hydroxylation sites is 1. The van der Waals surface area contributed by atoms with Crippen LogP contribution in [0.5, 0.6) is 0 Å². The number of piperazine rings is 1. The molecule has 2 aromatic carbocycles. The first kappa shape index (κ1) is 20.8. The van der Waals surface area contributed by atoms with Crippen LogP contribution in [0.15, 0.2) is 53.3 Å². The molecule has 3 aromatic rings. The van der Waals surface area contributed by atoms with Gasteiger partial charge in [-0.2, -0.15) is 0 Å². The average molecular weight is 418 g/mol. The SMILES string of the molecule is Cc1cccc(NC(=O)CN2CCN(C(=O)c3cc(=O)[nH]c4ccccc34)CC2)c1C. The maximum atomic E-state index is 13.1. The quantitative estimate of drug-likeness (QED) is 0.682. The summed E-state index contributed by atoms with van der Waals surface area (Å²) in [6, 6.07) is 14.5. The third-order valence-corrected chi connectivity index (χ3v) is 5.89. The minimum absolute atomic E-state index is 0.0611. The minimum atomic E-state index is -0.288. The van der Waals surface area contributed by atoms with Gasteiger partial charge in [0.1, 0.15) is 0 Å². The lowest BCUT2D eigenvalue weighted by Gasteiger charge is -2.34. The number of amides is 2. The van der Waals surface area contributed by atoms with Crippen molar-refractivity contribution in [3.63, 3.8) is 0 Å². The zero-order chi connectivity index (χ0) is 22.0.